The molecule has 0 aliphatic carbocycles. The molecule has 0 spiro atoms. The van der Waals surface area contributed by atoms with Crippen molar-refractivity contribution in [3.05, 3.63) is 58.8 Å². The molecule has 1 aliphatic heterocycles. The molecule has 1 N–H and O–H groups in total. The molecule has 0 unspecified atom stereocenters. The molecular formula is C18H15N5OS. The van der Waals surface area contributed by atoms with Crippen molar-refractivity contribution in [2.45, 2.75) is 13.1 Å². The maximum absolute atomic E-state index is 13.0. The molecule has 0 radical (unpaired) electrons. The molecule has 0 atom stereocenters. The van der Waals surface area contributed by atoms with Gasteiger partial charge < -0.3 is 9.88 Å². The van der Waals surface area contributed by atoms with Crippen molar-refractivity contribution in [2.24, 2.45) is 0 Å². The minimum absolute atomic E-state index is 0.0212. The van der Waals surface area contributed by atoms with E-state index in [0.717, 1.165) is 27.9 Å². The molecule has 0 bridgehead atoms. The van der Waals surface area contributed by atoms with Gasteiger partial charge in [0.25, 0.3) is 5.91 Å². The van der Waals surface area contributed by atoms with Crippen LogP contribution < -0.4 is 0 Å². The Labute approximate surface area is 147 Å². The van der Waals surface area contributed by atoms with Gasteiger partial charge in [-0.1, -0.05) is 18.2 Å². The second-order valence-corrected chi connectivity index (χ2v) is 6.82. The first kappa shape index (κ1) is 14.4. The summed E-state index contributed by atoms with van der Waals surface area (Å²) >= 11 is 1.56. The molecule has 0 saturated heterocycles. The Hall–Kier alpha value is -2.93. The van der Waals surface area contributed by atoms with E-state index >= 15 is 0 Å². The number of hydrogen-bond acceptors (Lipinski definition) is 4. The molecule has 5 rings (SSSR count). The van der Waals surface area contributed by atoms with E-state index in [-0.39, 0.29) is 5.91 Å². The number of aromatic nitrogens is 4. The third-order valence-corrected chi connectivity index (χ3v) is 5.21. The maximum Gasteiger partial charge on any atom is 0.270 e. The van der Waals surface area contributed by atoms with E-state index in [9.17, 15) is 4.79 Å². The minimum Gasteiger partial charge on any atom is -0.351 e. The molecule has 0 fully saturated rings. The van der Waals surface area contributed by atoms with Gasteiger partial charge in [0.1, 0.15) is 5.69 Å². The zero-order valence-corrected chi connectivity index (χ0v) is 14.2. The highest BCUT2D eigenvalue weighted by atomic mass is 32.1. The molecule has 3 aromatic heterocycles. The largest absolute Gasteiger partial charge is 0.351 e. The van der Waals surface area contributed by atoms with E-state index in [1.807, 2.05) is 57.0 Å². The van der Waals surface area contributed by atoms with Crippen molar-refractivity contribution < 1.29 is 4.79 Å². The van der Waals surface area contributed by atoms with Gasteiger partial charge in [-0.15, -0.1) is 11.3 Å². The maximum atomic E-state index is 13.0. The Balaban J connectivity index is 1.47. The van der Waals surface area contributed by atoms with Crippen molar-refractivity contribution in [2.75, 3.05) is 6.54 Å². The highest BCUT2D eigenvalue weighted by molar-refractivity contribution is 7.07. The number of fused-ring (bicyclic) bond motifs is 2. The molecule has 4 aromatic rings. The summed E-state index contributed by atoms with van der Waals surface area (Å²) in [7, 11) is 0. The van der Waals surface area contributed by atoms with Gasteiger partial charge in [0.15, 0.2) is 0 Å². The van der Waals surface area contributed by atoms with Crippen molar-refractivity contribution >= 4 is 28.1 Å². The standard InChI is InChI=1S/C18H15N5OS/c24-18(15-7-12-3-1-2-4-14(12)21-15)22-5-6-23-17(9-22)13(8-20-23)16-10-25-11-19-16/h1-4,7-8,10-11,21H,5-6,9H2. The Bertz CT molecular complexity index is 1030. The number of carbonyl (C=O) groups excluding carboxylic acids is 1. The summed E-state index contributed by atoms with van der Waals surface area (Å²) in [6, 6.07) is 9.85. The third-order valence-electron chi connectivity index (χ3n) is 4.63. The van der Waals surface area contributed by atoms with Crippen LogP contribution in [0.4, 0.5) is 0 Å². The van der Waals surface area contributed by atoms with Gasteiger partial charge in [-0.25, -0.2) is 4.98 Å². The summed E-state index contributed by atoms with van der Waals surface area (Å²) in [4.78, 5) is 22.4. The summed E-state index contributed by atoms with van der Waals surface area (Å²) in [5.74, 6) is 0.0212. The lowest BCUT2D eigenvalue weighted by molar-refractivity contribution is 0.0701. The normalized spacial score (nSPS) is 14.0. The first-order valence-corrected chi connectivity index (χ1v) is 9.04. The van der Waals surface area contributed by atoms with E-state index < -0.39 is 0 Å². The fourth-order valence-corrected chi connectivity index (χ4v) is 3.89. The van der Waals surface area contributed by atoms with Crippen molar-refractivity contribution in [1.29, 1.82) is 0 Å². The topological polar surface area (TPSA) is 66.8 Å². The van der Waals surface area contributed by atoms with Crippen LogP contribution in [0.25, 0.3) is 22.2 Å². The van der Waals surface area contributed by atoms with Gasteiger partial charge in [0.2, 0.25) is 0 Å². The van der Waals surface area contributed by atoms with Crippen LogP contribution >= 0.6 is 11.3 Å². The predicted octanol–water partition coefficient (Wildman–Crippen LogP) is 3.14. The molecule has 1 amide bonds. The number of amides is 1. The summed E-state index contributed by atoms with van der Waals surface area (Å²) in [5.41, 5.74) is 6.40. The number of nitrogens with one attached hydrogen (secondary N) is 1. The second kappa shape index (κ2) is 5.56. The number of para-hydroxylation sites is 1. The lowest BCUT2D eigenvalue weighted by Crippen LogP contribution is -2.38. The molecule has 124 valence electrons. The van der Waals surface area contributed by atoms with Gasteiger partial charge >= 0.3 is 0 Å². The van der Waals surface area contributed by atoms with Crippen LogP contribution in [-0.2, 0) is 13.1 Å². The minimum atomic E-state index is 0.0212. The third kappa shape index (κ3) is 2.35. The Morgan fingerprint density at radius 1 is 1.24 bits per heavy atom. The number of benzene rings is 1. The number of thiazole rings is 1. The van der Waals surface area contributed by atoms with Crippen LogP contribution in [0.2, 0.25) is 0 Å². The fraction of sp³-hybridized carbons (Fsp3) is 0.167. The van der Waals surface area contributed by atoms with Crippen LogP contribution in [0, 0.1) is 0 Å². The summed E-state index contributed by atoms with van der Waals surface area (Å²) in [5, 5.41) is 7.51. The summed E-state index contributed by atoms with van der Waals surface area (Å²) in [6.07, 6.45) is 1.85. The SMILES string of the molecule is O=C(c1cc2ccccc2[nH]1)N1CCn2ncc(-c3cscn3)c2C1. The Morgan fingerprint density at radius 3 is 3.00 bits per heavy atom. The number of hydrogen-bond donors (Lipinski definition) is 1. The Kier molecular flexibility index (Phi) is 3.21. The predicted molar refractivity (Wildman–Crippen MR) is 96.4 cm³/mol. The highest BCUT2D eigenvalue weighted by Crippen LogP contribution is 2.27. The molecule has 6 nitrogen and oxygen atoms in total. The average Bonchev–Trinajstić information content (AvgIpc) is 3.37. The number of carbonyl (C=O) groups is 1. The van der Waals surface area contributed by atoms with Gasteiger partial charge in [0, 0.05) is 28.4 Å². The average molecular weight is 349 g/mol. The second-order valence-electron chi connectivity index (χ2n) is 6.10. The molecule has 1 aromatic carbocycles. The highest BCUT2D eigenvalue weighted by Gasteiger charge is 2.26. The fourth-order valence-electron chi connectivity index (χ4n) is 3.34. The van der Waals surface area contributed by atoms with E-state index in [1.165, 1.54) is 0 Å². The quantitative estimate of drug-likeness (QED) is 0.604. The molecule has 4 heterocycles. The summed E-state index contributed by atoms with van der Waals surface area (Å²) < 4.78 is 1.98. The number of H-pyrrole nitrogens is 1. The van der Waals surface area contributed by atoms with Crippen LogP contribution in [0.3, 0.4) is 0 Å². The van der Waals surface area contributed by atoms with Crippen LogP contribution in [0.5, 0.6) is 0 Å². The van der Waals surface area contributed by atoms with Gasteiger partial charge in [-0.3, -0.25) is 9.48 Å². The van der Waals surface area contributed by atoms with Crippen LogP contribution in [-0.4, -0.2) is 37.1 Å². The van der Waals surface area contributed by atoms with Gasteiger partial charge in [0.05, 0.1) is 36.2 Å². The number of rotatable bonds is 2. The van der Waals surface area contributed by atoms with E-state index in [1.54, 1.807) is 11.3 Å². The molecule has 0 saturated carbocycles. The first-order chi connectivity index (χ1) is 12.3. The lowest BCUT2D eigenvalue weighted by Gasteiger charge is -2.28. The molecule has 25 heavy (non-hydrogen) atoms. The zero-order valence-electron chi connectivity index (χ0n) is 13.3. The molecular weight excluding hydrogens is 334 g/mol. The van der Waals surface area contributed by atoms with Crippen LogP contribution in [0.1, 0.15) is 16.2 Å². The molecule has 1 aliphatic rings. The van der Waals surface area contributed by atoms with Gasteiger partial charge in [-0.05, 0) is 12.1 Å². The smallest absolute Gasteiger partial charge is 0.270 e. The van der Waals surface area contributed by atoms with Crippen LogP contribution in [0.15, 0.2) is 47.4 Å². The van der Waals surface area contributed by atoms with E-state index in [2.05, 4.69) is 15.1 Å². The van der Waals surface area contributed by atoms with Gasteiger partial charge in [-0.2, -0.15) is 5.10 Å². The summed E-state index contributed by atoms with van der Waals surface area (Å²) in [6.45, 7) is 1.89. The molecule has 7 heteroatoms. The van der Waals surface area contributed by atoms with Crippen molar-refractivity contribution in [3.8, 4) is 11.3 Å². The van der Waals surface area contributed by atoms with E-state index in [4.69, 9.17) is 0 Å². The number of nitrogens with zero attached hydrogens (tertiary/aromatic N) is 4. The number of aromatic amines is 1. The van der Waals surface area contributed by atoms with E-state index in [0.29, 0.717) is 25.3 Å². The van der Waals surface area contributed by atoms with Crippen molar-refractivity contribution in [1.82, 2.24) is 24.6 Å². The monoisotopic (exact) mass is 349 g/mol. The zero-order chi connectivity index (χ0) is 16.8. The first-order valence-electron chi connectivity index (χ1n) is 8.10. The Morgan fingerprint density at radius 2 is 2.16 bits per heavy atom. The lowest BCUT2D eigenvalue weighted by atomic mass is 10.1. The van der Waals surface area contributed by atoms with Crippen molar-refractivity contribution in [3.63, 3.8) is 0 Å².